The fourth-order valence-corrected chi connectivity index (χ4v) is 1.000. The molecule has 1 heterocycles. The van der Waals surface area contributed by atoms with E-state index in [1.165, 1.54) is 0 Å². The Morgan fingerprint density at radius 2 is 2.31 bits per heavy atom. The molecule has 5 heteroatoms. The zero-order valence-electron chi connectivity index (χ0n) is 8.20. The number of aromatic nitrogens is 2. The Hall–Kier alpha value is -0.900. The second-order valence-electron chi connectivity index (χ2n) is 2.65. The number of hydrogen-bond donors (Lipinski definition) is 1. The molecule has 1 rings (SSSR count). The summed E-state index contributed by atoms with van der Waals surface area (Å²) in [6, 6.07) is 0. The Morgan fingerprint density at radius 3 is 2.85 bits per heavy atom. The van der Waals surface area contributed by atoms with Crippen molar-refractivity contribution in [1.29, 1.82) is 0 Å². The minimum absolute atomic E-state index is 0. The van der Waals surface area contributed by atoms with Gasteiger partial charge in [0.1, 0.15) is 5.69 Å². The van der Waals surface area contributed by atoms with Crippen molar-refractivity contribution in [2.75, 3.05) is 19.0 Å². The number of methoxy groups -OCH3 is 1. The van der Waals surface area contributed by atoms with Crippen molar-refractivity contribution in [2.24, 2.45) is 7.05 Å². The van der Waals surface area contributed by atoms with Gasteiger partial charge >= 0.3 is 0 Å². The third-order valence-electron chi connectivity index (χ3n) is 1.55. The number of halogens is 1. The summed E-state index contributed by atoms with van der Waals surface area (Å²) in [7, 11) is 3.50. The predicted octanol–water partition coefficient (Wildman–Crippen LogP) is 1.67. The van der Waals surface area contributed by atoms with E-state index >= 15 is 0 Å². The zero-order chi connectivity index (χ0) is 8.97. The lowest BCUT2D eigenvalue weighted by atomic mass is 10.4. The minimum atomic E-state index is 0. The molecule has 0 amide bonds. The molecule has 1 N–H and O–H groups in total. The molecular weight excluding hydrogens is 190 g/mol. The van der Waals surface area contributed by atoms with Crippen LogP contribution in [0, 0.1) is 0 Å². The van der Waals surface area contributed by atoms with Crippen LogP contribution in [0.5, 0.6) is 5.88 Å². The van der Waals surface area contributed by atoms with Crippen LogP contribution >= 0.6 is 12.4 Å². The average Bonchev–Trinajstić information content (AvgIpc) is 2.42. The number of aryl methyl sites for hydroxylation is 1. The van der Waals surface area contributed by atoms with Crippen LogP contribution in [0.15, 0.2) is 6.20 Å². The number of anilines is 1. The van der Waals surface area contributed by atoms with Crippen LogP contribution in [0.4, 0.5) is 5.69 Å². The first-order chi connectivity index (χ1) is 5.77. The van der Waals surface area contributed by atoms with Crippen molar-refractivity contribution in [3.05, 3.63) is 6.20 Å². The van der Waals surface area contributed by atoms with Crippen LogP contribution in [0.1, 0.15) is 13.3 Å². The number of rotatable bonds is 4. The van der Waals surface area contributed by atoms with Crippen LogP contribution in [-0.4, -0.2) is 23.4 Å². The Morgan fingerprint density at radius 1 is 1.62 bits per heavy atom. The Kier molecular flexibility index (Phi) is 5.30. The van der Waals surface area contributed by atoms with Gasteiger partial charge in [-0.1, -0.05) is 6.92 Å². The number of ether oxygens (including phenoxy) is 1. The van der Waals surface area contributed by atoms with E-state index in [1.54, 1.807) is 11.8 Å². The van der Waals surface area contributed by atoms with E-state index in [0.29, 0.717) is 5.88 Å². The van der Waals surface area contributed by atoms with E-state index in [0.717, 1.165) is 18.7 Å². The van der Waals surface area contributed by atoms with Crippen molar-refractivity contribution < 1.29 is 4.74 Å². The van der Waals surface area contributed by atoms with Gasteiger partial charge in [0.2, 0.25) is 0 Å². The van der Waals surface area contributed by atoms with Crippen LogP contribution in [0.25, 0.3) is 0 Å². The van der Waals surface area contributed by atoms with E-state index < -0.39 is 0 Å². The monoisotopic (exact) mass is 205 g/mol. The minimum Gasteiger partial charge on any atom is -0.478 e. The lowest BCUT2D eigenvalue weighted by Gasteiger charge is -2.01. The summed E-state index contributed by atoms with van der Waals surface area (Å²) in [6.07, 6.45) is 3.01. The smallest absolute Gasteiger partial charge is 0.256 e. The van der Waals surface area contributed by atoms with Gasteiger partial charge in [-0.15, -0.1) is 17.5 Å². The van der Waals surface area contributed by atoms with Gasteiger partial charge in [0, 0.05) is 13.6 Å². The summed E-state index contributed by atoms with van der Waals surface area (Å²) in [5, 5.41) is 7.34. The normalized spacial score (nSPS) is 9.15. The van der Waals surface area contributed by atoms with E-state index in [1.807, 2.05) is 13.2 Å². The second-order valence-corrected chi connectivity index (χ2v) is 2.65. The van der Waals surface area contributed by atoms with Gasteiger partial charge < -0.3 is 10.1 Å². The van der Waals surface area contributed by atoms with E-state index in [4.69, 9.17) is 4.74 Å². The van der Waals surface area contributed by atoms with Gasteiger partial charge in [-0.2, -0.15) is 0 Å². The highest BCUT2D eigenvalue weighted by Crippen LogP contribution is 2.20. The fraction of sp³-hybridized carbons (Fsp3) is 0.625. The molecule has 0 atom stereocenters. The molecule has 1 aromatic heterocycles. The van der Waals surface area contributed by atoms with Gasteiger partial charge in [0.25, 0.3) is 5.88 Å². The van der Waals surface area contributed by atoms with E-state index in [-0.39, 0.29) is 12.4 Å². The molecule has 13 heavy (non-hydrogen) atoms. The largest absolute Gasteiger partial charge is 0.478 e. The third-order valence-corrected chi connectivity index (χ3v) is 1.55. The molecule has 4 nitrogen and oxygen atoms in total. The highest BCUT2D eigenvalue weighted by Gasteiger charge is 2.05. The molecule has 0 aliphatic carbocycles. The highest BCUT2D eigenvalue weighted by atomic mass is 35.5. The molecule has 0 fully saturated rings. The van der Waals surface area contributed by atoms with Crippen LogP contribution in [0.2, 0.25) is 0 Å². The Bertz CT molecular complexity index is 250. The summed E-state index contributed by atoms with van der Waals surface area (Å²) in [5.41, 5.74) is 0.960. The summed E-state index contributed by atoms with van der Waals surface area (Å²) in [4.78, 5) is 0. The quantitative estimate of drug-likeness (QED) is 0.813. The molecule has 0 aliphatic rings. The van der Waals surface area contributed by atoms with Gasteiger partial charge in [-0.3, -0.25) is 4.68 Å². The maximum atomic E-state index is 5.07. The molecule has 0 unspecified atom stereocenters. The Labute approximate surface area is 84.7 Å². The van der Waals surface area contributed by atoms with Crippen molar-refractivity contribution >= 4 is 18.1 Å². The van der Waals surface area contributed by atoms with Crippen LogP contribution in [0.3, 0.4) is 0 Å². The number of nitrogens with zero attached hydrogens (tertiary/aromatic N) is 2. The van der Waals surface area contributed by atoms with Crippen molar-refractivity contribution in [2.45, 2.75) is 13.3 Å². The van der Waals surface area contributed by atoms with Crippen molar-refractivity contribution in [3.8, 4) is 5.88 Å². The fourth-order valence-electron chi connectivity index (χ4n) is 1.000. The first-order valence-corrected chi connectivity index (χ1v) is 4.09. The molecular formula is C8H16ClN3O. The third kappa shape index (κ3) is 3.14. The molecule has 0 aromatic carbocycles. The zero-order valence-corrected chi connectivity index (χ0v) is 9.02. The predicted molar refractivity (Wildman–Crippen MR) is 55.8 cm³/mol. The van der Waals surface area contributed by atoms with E-state index in [2.05, 4.69) is 17.3 Å². The molecule has 1 aromatic rings. The summed E-state index contributed by atoms with van der Waals surface area (Å²) >= 11 is 0. The van der Waals surface area contributed by atoms with Gasteiger partial charge in [0.15, 0.2) is 0 Å². The molecule has 0 bridgehead atoms. The summed E-state index contributed by atoms with van der Waals surface area (Å²) in [6.45, 7) is 3.07. The lowest BCUT2D eigenvalue weighted by Crippen LogP contribution is -1.99. The van der Waals surface area contributed by atoms with Crippen molar-refractivity contribution in [1.82, 2.24) is 9.78 Å². The number of nitrogens with one attached hydrogen (secondary N) is 1. The molecule has 76 valence electrons. The van der Waals surface area contributed by atoms with Crippen molar-refractivity contribution in [3.63, 3.8) is 0 Å². The second kappa shape index (κ2) is 5.70. The molecule has 0 saturated heterocycles. The number of hydrogen-bond acceptors (Lipinski definition) is 3. The SMILES string of the molecule is CCCNc1cn(C)nc1OC.Cl. The van der Waals surface area contributed by atoms with Gasteiger partial charge in [0.05, 0.1) is 13.3 Å². The molecule has 0 aliphatic heterocycles. The first kappa shape index (κ1) is 12.1. The maximum absolute atomic E-state index is 5.07. The maximum Gasteiger partial charge on any atom is 0.256 e. The lowest BCUT2D eigenvalue weighted by molar-refractivity contribution is 0.393. The van der Waals surface area contributed by atoms with Gasteiger partial charge in [-0.25, -0.2) is 0 Å². The standard InChI is InChI=1S/C8H15N3O.ClH/c1-4-5-9-7-6-11(2)10-8(7)12-3;/h6,9H,4-5H2,1-3H3;1H. The average molecular weight is 206 g/mol. The summed E-state index contributed by atoms with van der Waals surface area (Å²) in [5.74, 6) is 0.658. The van der Waals surface area contributed by atoms with Crippen LogP contribution < -0.4 is 10.1 Å². The van der Waals surface area contributed by atoms with Gasteiger partial charge in [-0.05, 0) is 6.42 Å². The first-order valence-electron chi connectivity index (χ1n) is 4.09. The van der Waals surface area contributed by atoms with E-state index in [9.17, 15) is 0 Å². The molecule has 0 spiro atoms. The Balaban J connectivity index is 0.00000144. The highest BCUT2D eigenvalue weighted by molar-refractivity contribution is 5.85. The molecule has 0 radical (unpaired) electrons. The topological polar surface area (TPSA) is 39.1 Å². The van der Waals surface area contributed by atoms with Crippen LogP contribution in [-0.2, 0) is 7.05 Å². The molecule has 0 saturated carbocycles. The summed E-state index contributed by atoms with van der Waals surface area (Å²) < 4.78 is 6.80.